The summed E-state index contributed by atoms with van der Waals surface area (Å²) in [5.74, 6) is 1.77. The quantitative estimate of drug-likeness (QED) is 0.788. The molecule has 2 rings (SSSR count). The third kappa shape index (κ3) is 2.51. The molecule has 14 heavy (non-hydrogen) atoms. The lowest BCUT2D eigenvalue weighted by molar-refractivity contribution is 0.489. The molecular formula is C11H17N3. The molecule has 0 amide bonds. The largest absolute Gasteiger partial charge is 0.328 e. The molecule has 1 fully saturated rings. The van der Waals surface area contributed by atoms with Crippen molar-refractivity contribution < 1.29 is 0 Å². The third-order valence-corrected chi connectivity index (χ3v) is 2.98. The molecule has 0 spiro atoms. The van der Waals surface area contributed by atoms with Crippen molar-refractivity contribution in [3.8, 4) is 0 Å². The van der Waals surface area contributed by atoms with E-state index in [1.807, 2.05) is 18.5 Å². The van der Waals surface area contributed by atoms with Gasteiger partial charge in [0.15, 0.2) is 0 Å². The monoisotopic (exact) mass is 191 g/mol. The van der Waals surface area contributed by atoms with Crippen molar-refractivity contribution >= 4 is 0 Å². The Balaban J connectivity index is 1.78. The summed E-state index contributed by atoms with van der Waals surface area (Å²) in [6.45, 7) is 0. The zero-order valence-electron chi connectivity index (χ0n) is 8.39. The van der Waals surface area contributed by atoms with E-state index < -0.39 is 0 Å². The molecule has 0 radical (unpaired) electrons. The van der Waals surface area contributed by atoms with Crippen LogP contribution in [0, 0.1) is 5.92 Å². The fourth-order valence-electron chi connectivity index (χ4n) is 2.17. The van der Waals surface area contributed by atoms with Gasteiger partial charge in [-0.2, -0.15) is 0 Å². The van der Waals surface area contributed by atoms with Crippen LogP contribution in [0.25, 0.3) is 0 Å². The predicted molar refractivity (Wildman–Crippen MR) is 55.7 cm³/mol. The molecule has 2 atom stereocenters. The van der Waals surface area contributed by atoms with E-state index in [1.165, 1.54) is 25.7 Å². The van der Waals surface area contributed by atoms with Crippen LogP contribution in [0.1, 0.15) is 31.5 Å². The van der Waals surface area contributed by atoms with Gasteiger partial charge in [0.05, 0.1) is 0 Å². The maximum Gasteiger partial charge on any atom is 0.128 e. The Morgan fingerprint density at radius 3 is 2.71 bits per heavy atom. The van der Waals surface area contributed by atoms with Crippen LogP contribution in [0.2, 0.25) is 0 Å². The van der Waals surface area contributed by atoms with E-state index in [1.54, 1.807) is 0 Å². The summed E-state index contributed by atoms with van der Waals surface area (Å²) < 4.78 is 0. The van der Waals surface area contributed by atoms with E-state index in [9.17, 15) is 0 Å². The number of rotatable bonds is 3. The van der Waals surface area contributed by atoms with Crippen molar-refractivity contribution in [2.75, 3.05) is 0 Å². The summed E-state index contributed by atoms with van der Waals surface area (Å²) in [5, 5.41) is 0. The molecule has 2 N–H and O–H groups in total. The van der Waals surface area contributed by atoms with Crippen molar-refractivity contribution in [2.24, 2.45) is 11.7 Å². The first-order valence-corrected chi connectivity index (χ1v) is 5.36. The Morgan fingerprint density at radius 2 is 2.07 bits per heavy atom. The second kappa shape index (κ2) is 4.51. The SMILES string of the molecule is NC1CCC(CCc2ncccn2)C1. The summed E-state index contributed by atoms with van der Waals surface area (Å²) in [5.41, 5.74) is 5.86. The van der Waals surface area contributed by atoms with Crippen molar-refractivity contribution in [1.29, 1.82) is 0 Å². The Hall–Kier alpha value is -0.960. The minimum atomic E-state index is 0.441. The van der Waals surface area contributed by atoms with E-state index in [0.717, 1.165) is 18.2 Å². The minimum Gasteiger partial charge on any atom is -0.328 e. The fourth-order valence-corrected chi connectivity index (χ4v) is 2.17. The summed E-state index contributed by atoms with van der Waals surface area (Å²) in [6, 6.07) is 2.30. The average molecular weight is 191 g/mol. The molecule has 0 saturated heterocycles. The highest BCUT2D eigenvalue weighted by molar-refractivity contribution is 4.90. The Morgan fingerprint density at radius 1 is 1.29 bits per heavy atom. The number of hydrogen-bond acceptors (Lipinski definition) is 3. The molecule has 2 unspecified atom stereocenters. The van der Waals surface area contributed by atoms with Crippen molar-refractivity contribution in [3.63, 3.8) is 0 Å². The second-order valence-corrected chi connectivity index (χ2v) is 4.14. The normalized spacial score (nSPS) is 26.6. The Labute approximate surface area is 84.8 Å². The first-order chi connectivity index (χ1) is 6.84. The predicted octanol–water partition coefficient (Wildman–Crippen LogP) is 1.54. The van der Waals surface area contributed by atoms with Gasteiger partial charge in [0.1, 0.15) is 5.82 Å². The molecular weight excluding hydrogens is 174 g/mol. The molecule has 1 aliphatic rings. The summed E-state index contributed by atoms with van der Waals surface area (Å²) in [6.07, 6.45) is 9.47. The summed E-state index contributed by atoms with van der Waals surface area (Å²) >= 11 is 0. The van der Waals surface area contributed by atoms with Gasteiger partial charge in [-0.05, 0) is 37.7 Å². The lowest BCUT2D eigenvalue weighted by atomic mass is 10.0. The van der Waals surface area contributed by atoms with Crippen LogP contribution < -0.4 is 5.73 Å². The first-order valence-electron chi connectivity index (χ1n) is 5.36. The molecule has 1 aliphatic carbocycles. The highest BCUT2D eigenvalue weighted by Gasteiger charge is 2.21. The van der Waals surface area contributed by atoms with Crippen LogP contribution in [0.3, 0.4) is 0 Å². The fraction of sp³-hybridized carbons (Fsp3) is 0.636. The molecule has 3 heteroatoms. The Bertz CT molecular complexity index is 273. The van der Waals surface area contributed by atoms with Gasteiger partial charge in [0, 0.05) is 24.9 Å². The van der Waals surface area contributed by atoms with Gasteiger partial charge in [-0.25, -0.2) is 9.97 Å². The number of aromatic nitrogens is 2. The van der Waals surface area contributed by atoms with Gasteiger partial charge in [-0.15, -0.1) is 0 Å². The molecule has 3 nitrogen and oxygen atoms in total. The Kier molecular flexibility index (Phi) is 3.09. The van der Waals surface area contributed by atoms with E-state index in [4.69, 9.17) is 5.73 Å². The number of nitrogens with two attached hydrogens (primary N) is 1. The molecule has 1 aromatic heterocycles. The van der Waals surface area contributed by atoms with Crippen LogP contribution in [-0.4, -0.2) is 16.0 Å². The zero-order valence-corrected chi connectivity index (χ0v) is 8.39. The third-order valence-electron chi connectivity index (χ3n) is 2.98. The van der Waals surface area contributed by atoms with Crippen LogP contribution in [0.4, 0.5) is 0 Å². The van der Waals surface area contributed by atoms with E-state index in [0.29, 0.717) is 6.04 Å². The van der Waals surface area contributed by atoms with Crippen molar-refractivity contribution in [3.05, 3.63) is 24.3 Å². The minimum absolute atomic E-state index is 0.441. The highest BCUT2D eigenvalue weighted by atomic mass is 14.8. The van der Waals surface area contributed by atoms with Crippen molar-refractivity contribution in [1.82, 2.24) is 9.97 Å². The molecule has 0 aromatic carbocycles. The molecule has 76 valence electrons. The van der Waals surface area contributed by atoms with E-state index in [2.05, 4.69) is 9.97 Å². The molecule has 1 saturated carbocycles. The number of nitrogens with zero attached hydrogens (tertiary/aromatic N) is 2. The highest BCUT2D eigenvalue weighted by Crippen LogP contribution is 2.27. The maximum atomic E-state index is 5.86. The van der Waals surface area contributed by atoms with Gasteiger partial charge in [-0.3, -0.25) is 0 Å². The maximum absolute atomic E-state index is 5.86. The van der Waals surface area contributed by atoms with Crippen molar-refractivity contribution in [2.45, 2.75) is 38.1 Å². The van der Waals surface area contributed by atoms with Gasteiger partial charge in [0.25, 0.3) is 0 Å². The summed E-state index contributed by atoms with van der Waals surface area (Å²) in [7, 11) is 0. The van der Waals surface area contributed by atoms with E-state index >= 15 is 0 Å². The lowest BCUT2D eigenvalue weighted by Crippen LogP contribution is -2.14. The number of hydrogen-bond donors (Lipinski definition) is 1. The standard InChI is InChI=1S/C11H17N3/c12-10-4-2-9(8-10)3-5-11-13-6-1-7-14-11/h1,6-7,9-10H,2-5,8,12H2. The van der Waals surface area contributed by atoms with Gasteiger partial charge in [0.2, 0.25) is 0 Å². The van der Waals surface area contributed by atoms with Crippen LogP contribution >= 0.6 is 0 Å². The topological polar surface area (TPSA) is 51.8 Å². The molecule has 0 bridgehead atoms. The van der Waals surface area contributed by atoms with Gasteiger partial charge in [-0.1, -0.05) is 0 Å². The molecule has 1 heterocycles. The second-order valence-electron chi connectivity index (χ2n) is 4.14. The molecule has 1 aromatic rings. The van der Waals surface area contributed by atoms with Crippen LogP contribution in [-0.2, 0) is 6.42 Å². The van der Waals surface area contributed by atoms with Crippen LogP contribution in [0.15, 0.2) is 18.5 Å². The number of aryl methyl sites for hydroxylation is 1. The smallest absolute Gasteiger partial charge is 0.128 e. The molecule has 0 aliphatic heterocycles. The first kappa shape index (κ1) is 9.59. The van der Waals surface area contributed by atoms with Gasteiger partial charge < -0.3 is 5.73 Å². The lowest BCUT2D eigenvalue weighted by Gasteiger charge is -2.07. The van der Waals surface area contributed by atoms with E-state index in [-0.39, 0.29) is 0 Å². The summed E-state index contributed by atoms with van der Waals surface area (Å²) in [4.78, 5) is 8.43. The van der Waals surface area contributed by atoms with Gasteiger partial charge >= 0.3 is 0 Å². The average Bonchev–Trinajstić information content (AvgIpc) is 2.63. The van der Waals surface area contributed by atoms with Crippen LogP contribution in [0.5, 0.6) is 0 Å². The zero-order chi connectivity index (χ0) is 9.80.